The minimum atomic E-state index is 0. The van der Waals surface area contributed by atoms with E-state index in [0.29, 0.717) is 4.75 Å². The van der Waals surface area contributed by atoms with Crippen molar-refractivity contribution in [1.82, 2.24) is 4.98 Å². The fourth-order valence-corrected chi connectivity index (χ4v) is 2.86. The molecule has 1 rings (SSSR count). The Bertz CT molecular complexity index is 328. The molecule has 0 fully saturated rings. The Labute approximate surface area is 143 Å². The van der Waals surface area contributed by atoms with E-state index in [0.717, 1.165) is 5.03 Å². The molecule has 0 aromatic carbocycles. The Balaban J connectivity index is -0.000000410. The maximum atomic E-state index is 8.12. The Morgan fingerprint density at radius 2 is 1.89 bits per heavy atom. The number of hydrogen-bond acceptors (Lipinski definition) is 5. The van der Waals surface area contributed by atoms with Crippen molar-refractivity contribution >= 4 is 27.7 Å². The van der Waals surface area contributed by atoms with E-state index in [-0.39, 0.29) is 46.3 Å². The van der Waals surface area contributed by atoms with Gasteiger partial charge >= 0.3 is 6.15 Å². The Kier molecular flexibility index (Phi) is 17.9. The van der Waals surface area contributed by atoms with Crippen molar-refractivity contribution in [2.45, 2.75) is 37.0 Å². The molecule has 6 heteroatoms. The van der Waals surface area contributed by atoms with Gasteiger partial charge in [-0.15, -0.1) is 0 Å². The van der Waals surface area contributed by atoms with Crippen LogP contribution in [0.1, 0.15) is 27.2 Å². The number of carbonyl (C=O) groups excluding carboxylic acids is 2. The molecule has 0 unspecified atom stereocenters. The molecule has 3 nitrogen and oxygen atoms in total. The fraction of sp³-hybridized carbons (Fsp3) is 0.417. The predicted octanol–water partition coefficient (Wildman–Crippen LogP) is 3.87. The molecule has 0 saturated carbocycles. The topological polar surface area (TPSA) is 47.0 Å². The van der Waals surface area contributed by atoms with Crippen molar-refractivity contribution in [1.29, 1.82) is 0 Å². The molecular weight excluding hydrogens is 343 g/mol. The van der Waals surface area contributed by atoms with E-state index in [1.807, 2.05) is 35.2 Å². The van der Waals surface area contributed by atoms with Crippen LogP contribution < -0.4 is 0 Å². The predicted molar refractivity (Wildman–Crippen MR) is 73.5 cm³/mol. The van der Waals surface area contributed by atoms with E-state index >= 15 is 0 Å². The summed E-state index contributed by atoms with van der Waals surface area (Å²) >= 11 is 0. The van der Waals surface area contributed by atoms with Gasteiger partial charge in [0.15, 0.2) is 0 Å². The Hall–Kier alpha value is 0.334. The maximum Gasteiger partial charge on any atom is 0.373 e. The molecule has 1 aromatic heterocycles. The van der Waals surface area contributed by atoms with Gasteiger partial charge in [0.2, 0.25) is 0 Å². The van der Waals surface area contributed by atoms with Crippen LogP contribution in [0.3, 0.4) is 0 Å². The summed E-state index contributed by atoms with van der Waals surface area (Å²) in [4.78, 5) is 20.5. The first-order chi connectivity index (χ1) is 7.55. The number of nitrogens with zero attached hydrogens (tertiary/aromatic N) is 1. The number of pyridine rings is 1. The maximum absolute atomic E-state index is 8.12. The van der Waals surface area contributed by atoms with Crippen LogP contribution >= 0.6 is 21.6 Å². The molecule has 0 atom stereocenters. The van der Waals surface area contributed by atoms with Crippen LogP contribution in [-0.4, -0.2) is 15.9 Å². The third-order valence-corrected chi connectivity index (χ3v) is 5.19. The van der Waals surface area contributed by atoms with Gasteiger partial charge in [-0.05, 0) is 43.2 Å². The molecule has 0 aliphatic carbocycles. The van der Waals surface area contributed by atoms with Crippen molar-refractivity contribution in [2.75, 3.05) is 0 Å². The van der Waals surface area contributed by atoms with Crippen molar-refractivity contribution in [2.24, 2.45) is 0 Å². The summed E-state index contributed by atoms with van der Waals surface area (Å²) in [6, 6.07) is 6.01. The van der Waals surface area contributed by atoms with Crippen LogP contribution in [0.2, 0.25) is 0 Å². The quantitative estimate of drug-likeness (QED) is 0.602. The average molecular weight is 361 g/mol. The van der Waals surface area contributed by atoms with Crippen molar-refractivity contribution in [3.05, 3.63) is 31.8 Å². The summed E-state index contributed by atoms with van der Waals surface area (Å²) in [7, 11) is 3.64. The largest absolute Gasteiger partial charge is 0.373 e. The molecule has 0 bridgehead atoms. The number of hydrogen-bond donors (Lipinski definition) is 0. The molecule has 1 radical (unpaired) electrons. The van der Waals surface area contributed by atoms with Gasteiger partial charge in [-0.3, -0.25) is 0 Å². The van der Waals surface area contributed by atoms with Crippen LogP contribution in [0.5, 0.6) is 0 Å². The zero-order chi connectivity index (χ0) is 12.4. The molecule has 18 heavy (non-hydrogen) atoms. The third-order valence-electron chi connectivity index (χ3n) is 1.84. The second-order valence-corrected chi connectivity index (χ2v) is 6.39. The third kappa shape index (κ3) is 12.8. The van der Waals surface area contributed by atoms with E-state index in [1.165, 1.54) is 6.42 Å². The van der Waals surface area contributed by atoms with Gasteiger partial charge in [0.05, 0.1) is 0 Å². The van der Waals surface area contributed by atoms with Gasteiger partial charge < -0.3 is 7.43 Å². The summed E-state index contributed by atoms with van der Waals surface area (Å²) in [5.41, 5.74) is 0. The molecule has 0 aliphatic heterocycles. The van der Waals surface area contributed by atoms with E-state index < -0.39 is 0 Å². The number of rotatable bonds is 4. The molecule has 1 aromatic rings. The van der Waals surface area contributed by atoms with Crippen LogP contribution in [-0.2, 0) is 42.3 Å². The van der Waals surface area contributed by atoms with Gasteiger partial charge in [-0.1, -0.05) is 23.8 Å². The van der Waals surface area contributed by atoms with E-state index in [9.17, 15) is 0 Å². The standard InChI is InChI=1S/C10H15NS2.CO2.CH3.Y/c1-4-10(2,3)13-12-9-7-5-6-8-11-9;2-1-3;;/h5-8H,4H2,1-3H3;;1H3;/q;;-1;. The second-order valence-electron chi connectivity index (χ2n) is 3.53. The summed E-state index contributed by atoms with van der Waals surface area (Å²) in [6.45, 7) is 6.73. The van der Waals surface area contributed by atoms with Gasteiger partial charge in [0.25, 0.3) is 0 Å². The van der Waals surface area contributed by atoms with Crippen molar-refractivity contribution < 1.29 is 42.3 Å². The molecular formula is C12H18NO2S2Y-. The van der Waals surface area contributed by atoms with Gasteiger partial charge in [0, 0.05) is 43.7 Å². The van der Waals surface area contributed by atoms with Gasteiger partial charge in [-0.25, -0.2) is 4.98 Å². The normalized spacial score (nSPS) is 8.83. The van der Waals surface area contributed by atoms with Crippen LogP contribution in [0.4, 0.5) is 0 Å². The molecule has 1 heterocycles. The SMILES string of the molecule is CCC(C)(C)SSc1ccccn1.O=C=O.[CH3-].[Y]. The number of aromatic nitrogens is 1. The van der Waals surface area contributed by atoms with Gasteiger partial charge in [0.1, 0.15) is 5.03 Å². The van der Waals surface area contributed by atoms with Crippen LogP contribution in [0, 0.1) is 7.43 Å². The van der Waals surface area contributed by atoms with E-state index in [4.69, 9.17) is 9.59 Å². The summed E-state index contributed by atoms with van der Waals surface area (Å²) in [5, 5.41) is 1.09. The molecule has 0 aliphatic rings. The first-order valence-corrected chi connectivity index (χ1v) is 6.96. The summed E-state index contributed by atoms with van der Waals surface area (Å²) in [5.74, 6) is 0. The minimum Gasteiger partial charge on any atom is -0.358 e. The molecule has 0 spiro atoms. The Morgan fingerprint density at radius 3 is 2.28 bits per heavy atom. The first-order valence-electron chi connectivity index (χ1n) is 4.81. The van der Waals surface area contributed by atoms with Crippen molar-refractivity contribution in [3.8, 4) is 0 Å². The molecule has 0 saturated heterocycles. The van der Waals surface area contributed by atoms with Crippen LogP contribution in [0.25, 0.3) is 0 Å². The van der Waals surface area contributed by atoms with Crippen LogP contribution in [0.15, 0.2) is 29.4 Å². The Morgan fingerprint density at radius 1 is 1.33 bits per heavy atom. The zero-order valence-electron chi connectivity index (χ0n) is 11.2. The molecule has 0 amide bonds. The summed E-state index contributed by atoms with van der Waals surface area (Å²) in [6.07, 6.45) is 3.26. The molecule has 0 N–H and O–H groups in total. The molecule has 99 valence electrons. The second kappa shape index (κ2) is 13.8. The van der Waals surface area contributed by atoms with Gasteiger partial charge in [-0.2, -0.15) is 9.59 Å². The first kappa shape index (κ1) is 23.4. The average Bonchev–Trinajstić information content (AvgIpc) is 2.29. The van der Waals surface area contributed by atoms with E-state index in [2.05, 4.69) is 25.8 Å². The fourth-order valence-electron chi connectivity index (χ4n) is 0.611. The van der Waals surface area contributed by atoms with Crippen molar-refractivity contribution in [3.63, 3.8) is 0 Å². The van der Waals surface area contributed by atoms with E-state index in [1.54, 1.807) is 10.8 Å². The minimum absolute atomic E-state index is 0. The monoisotopic (exact) mass is 361 g/mol. The zero-order valence-corrected chi connectivity index (χ0v) is 15.6. The smallest absolute Gasteiger partial charge is 0.358 e. The summed E-state index contributed by atoms with van der Waals surface area (Å²) < 4.78 is 0.336.